The minimum atomic E-state index is -0.691. The highest BCUT2D eigenvalue weighted by molar-refractivity contribution is 6.04. The number of carbonyl (C=O) groups excluding carboxylic acids is 2. The molecule has 6 heteroatoms. The fraction of sp³-hybridized carbons (Fsp3) is 0.308. The molecule has 0 aromatic heterocycles. The number of nitrogens with one attached hydrogen (secondary N) is 2. The number of anilines is 1. The smallest absolute Gasteiger partial charge is 0.265 e. The van der Waals surface area contributed by atoms with Crippen LogP contribution in [0.25, 0.3) is 10.8 Å². The first kappa shape index (κ1) is 21.8. The van der Waals surface area contributed by atoms with E-state index in [1.807, 2.05) is 49.4 Å². The Morgan fingerprint density at radius 3 is 2.66 bits per heavy atom. The fourth-order valence-electron chi connectivity index (χ4n) is 3.88. The minimum absolute atomic E-state index is 0.0549. The van der Waals surface area contributed by atoms with Crippen molar-refractivity contribution in [1.82, 2.24) is 5.32 Å². The number of ether oxygens (including phenoxy) is 2. The Balaban J connectivity index is 1.45. The van der Waals surface area contributed by atoms with Crippen molar-refractivity contribution in [3.63, 3.8) is 0 Å². The van der Waals surface area contributed by atoms with Gasteiger partial charge in [0, 0.05) is 18.5 Å². The lowest BCUT2D eigenvalue weighted by Crippen LogP contribution is -2.35. The van der Waals surface area contributed by atoms with Gasteiger partial charge in [0.05, 0.1) is 17.4 Å². The zero-order valence-electron chi connectivity index (χ0n) is 18.2. The van der Waals surface area contributed by atoms with E-state index >= 15 is 0 Å². The molecule has 1 aliphatic heterocycles. The summed E-state index contributed by atoms with van der Waals surface area (Å²) in [4.78, 5) is 25.8. The monoisotopic (exact) mass is 432 g/mol. The molecule has 0 saturated carbocycles. The van der Waals surface area contributed by atoms with E-state index in [0.717, 1.165) is 30.2 Å². The molecule has 0 radical (unpaired) electrons. The maximum atomic E-state index is 13.0. The SMILES string of the molecule is CCC(Oc1cccc2ccccc12)C(=O)Nc1ccccc1C(=O)NCC1CCCO1. The second-order valence-corrected chi connectivity index (χ2v) is 7.87. The van der Waals surface area contributed by atoms with Gasteiger partial charge in [-0.05, 0) is 42.8 Å². The molecule has 6 nitrogen and oxygen atoms in total. The predicted molar refractivity (Wildman–Crippen MR) is 125 cm³/mol. The first-order valence-corrected chi connectivity index (χ1v) is 11.1. The quantitative estimate of drug-likeness (QED) is 0.548. The van der Waals surface area contributed by atoms with Crippen molar-refractivity contribution in [2.75, 3.05) is 18.5 Å². The Morgan fingerprint density at radius 1 is 1.06 bits per heavy atom. The molecular weight excluding hydrogens is 404 g/mol. The van der Waals surface area contributed by atoms with E-state index in [4.69, 9.17) is 9.47 Å². The Kier molecular flexibility index (Phi) is 7.02. The van der Waals surface area contributed by atoms with E-state index in [2.05, 4.69) is 10.6 Å². The lowest BCUT2D eigenvalue weighted by molar-refractivity contribution is -0.122. The molecule has 2 unspecified atom stereocenters. The predicted octanol–water partition coefficient (Wildman–Crippen LogP) is 4.54. The summed E-state index contributed by atoms with van der Waals surface area (Å²) >= 11 is 0. The largest absolute Gasteiger partial charge is 0.480 e. The summed E-state index contributed by atoms with van der Waals surface area (Å²) in [6, 6.07) is 20.7. The van der Waals surface area contributed by atoms with E-state index in [1.165, 1.54) is 0 Å². The summed E-state index contributed by atoms with van der Waals surface area (Å²) in [5.74, 6) is 0.131. The van der Waals surface area contributed by atoms with E-state index in [1.54, 1.807) is 24.3 Å². The average Bonchev–Trinajstić information content (AvgIpc) is 3.35. The van der Waals surface area contributed by atoms with Gasteiger partial charge < -0.3 is 20.1 Å². The van der Waals surface area contributed by atoms with Crippen molar-refractivity contribution in [2.45, 2.75) is 38.4 Å². The van der Waals surface area contributed by atoms with Gasteiger partial charge in [0.1, 0.15) is 5.75 Å². The average molecular weight is 433 g/mol. The molecule has 32 heavy (non-hydrogen) atoms. The number of benzene rings is 3. The molecule has 4 rings (SSSR count). The van der Waals surface area contributed by atoms with Crippen LogP contribution in [0.5, 0.6) is 5.75 Å². The third kappa shape index (κ3) is 5.08. The van der Waals surface area contributed by atoms with E-state index in [9.17, 15) is 9.59 Å². The van der Waals surface area contributed by atoms with Crippen molar-refractivity contribution in [2.24, 2.45) is 0 Å². The van der Waals surface area contributed by atoms with Crippen LogP contribution in [0.2, 0.25) is 0 Å². The molecule has 166 valence electrons. The highest BCUT2D eigenvalue weighted by Crippen LogP contribution is 2.27. The number of rotatable bonds is 8. The molecule has 3 aromatic carbocycles. The summed E-state index contributed by atoms with van der Waals surface area (Å²) in [5, 5.41) is 7.80. The van der Waals surface area contributed by atoms with Crippen molar-refractivity contribution >= 4 is 28.3 Å². The number of hydrogen-bond donors (Lipinski definition) is 2. The Morgan fingerprint density at radius 2 is 1.84 bits per heavy atom. The lowest BCUT2D eigenvalue weighted by atomic mass is 10.1. The maximum Gasteiger partial charge on any atom is 0.265 e. The summed E-state index contributed by atoms with van der Waals surface area (Å²) in [5.41, 5.74) is 0.876. The van der Waals surface area contributed by atoms with E-state index in [-0.39, 0.29) is 17.9 Å². The van der Waals surface area contributed by atoms with Gasteiger partial charge in [-0.3, -0.25) is 9.59 Å². The molecule has 2 N–H and O–H groups in total. The molecule has 0 spiro atoms. The van der Waals surface area contributed by atoms with Gasteiger partial charge in [-0.1, -0.05) is 55.5 Å². The highest BCUT2D eigenvalue weighted by atomic mass is 16.5. The van der Waals surface area contributed by atoms with Crippen molar-refractivity contribution in [1.29, 1.82) is 0 Å². The van der Waals surface area contributed by atoms with Gasteiger partial charge in [0.15, 0.2) is 6.10 Å². The van der Waals surface area contributed by atoms with E-state index in [0.29, 0.717) is 30.0 Å². The Labute approximate surface area is 187 Å². The van der Waals surface area contributed by atoms with Crippen LogP contribution < -0.4 is 15.4 Å². The Bertz CT molecular complexity index is 1090. The fourth-order valence-corrected chi connectivity index (χ4v) is 3.88. The van der Waals surface area contributed by atoms with Gasteiger partial charge in [-0.25, -0.2) is 0 Å². The van der Waals surface area contributed by atoms with Gasteiger partial charge in [-0.2, -0.15) is 0 Å². The second-order valence-electron chi connectivity index (χ2n) is 7.87. The lowest BCUT2D eigenvalue weighted by Gasteiger charge is -2.19. The zero-order chi connectivity index (χ0) is 22.3. The molecule has 0 bridgehead atoms. The molecular formula is C26H28N2O4. The van der Waals surface area contributed by atoms with E-state index < -0.39 is 6.10 Å². The Hall–Kier alpha value is -3.38. The standard InChI is InChI=1S/C26H28N2O4/c1-2-23(32-24-15-7-10-18-9-3-4-12-20(18)24)26(30)28-22-14-6-5-13-21(22)25(29)27-17-19-11-8-16-31-19/h3-7,9-10,12-15,19,23H,2,8,11,16-17H2,1H3,(H,27,29)(H,28,30). The van der Waals surface area contributed by atoms with Crippen LogP contribution in [0.4, 0.5) is 5.69 Å². The van der Waals surface area contributed by atoms with Crippen LogP contribution in [0.3, 0.4) is 0 Å². The summed E-state index contributed by atoms with van der Waals surface area (Å²) in [6.07, 6.45) is 1.82. The minimum Gasteiger partial charge on any atom is -0.480 e. The van der Waals surface area contributed by atoms with Crippen LogP contribution in [0.15, 0.2) is 66.7 Å². The van der Waals surface area contributed by atoms with Crippen LogP contribution >= 0.6 is 0 Å². The molecule has 1 fully saturated rings. The molecule has 2 amide bonds. The number of carbonyl (C=O) groups is 2. The third-order valence-electron chi connectivity index (χ3n) is 5.63. The first-order valence-electron chi connectivity index (χ1n) is 11.1. The van der Waals surface area contributed by atoms with Crippen LogP contribution in [0.1, 0.15) is 36.5 Å². The van der Waals surface area contributed by atoms with Crippen molar-refractivity contribution < 1.29 is 19.1 Å². The number of para-hydroxylation sites is 1. The maximum absolute atomic E-state index is 13.0. The number of amides is 2. The van der Waals surface area contributed by atoms with Crippen molar-refractivity contribution in [3.05, 3.63) is 72.3 Å². The molecule has 0 aliphatic carbocycles. The number of hydrogen-bond acceptors (Lipinski definition) is 4. The second kappa shape index (κ2) is 10.3. The van der Waals surface area contributed by atoms with Crippen molar-refractivity contribution in [3.8, 4) is 5.75 Å². The van der Waals surface area contributed by atoms with Gasteiger partial charge in [0.2, 0.25) is 0 Å². The molecule has 2 atom stereocenters. The normalized spacial score (nSPS) is 16.5. The molecule has 1 aliphatic rings. The topological polar surface area (TPSA) is 76.7 Å². The first-order chi connectivity index (χ1) is 15.7. The summed E-state index contributed by atoms with van der Waals surface area (Å²) < 4.78 is 11.7. The zero-order valence-corrected chi connectivity index (χ0v) is 18.2. The van der Waals surface area contributed by atoms with Gasteiger partial charge in [-0.15, -0.1) is 0 Å². The van der Waals surface area contributed by atoms with Crippen LogP contribution in [-0.4, -0.2) is 37.2 Å². The van der Waals surface area contributed by atoms with Gasteiger partial charge in [0.25, 0.3) is 11.8 Å². The molecule has 1 saturated heterocycles. The summed E-state index contributed by atoms with van der Waals surface area (Å²) in [7, 11) is 0. The van der Waals surface area contributed by atoms with Crippen LogP contribution in [-0.2, 0) is 9.53 Å². The molecule has 3 aromatic rings. The summed E-state index contributed by atoms with van der Waals surface area (Å²) in [6.45, 7) is 3.10. The number of fused-ring (bicyclic) bond motifs is 1. The third-order valence-corrected chi connectivity index (χ3v) is 5.63. The molecule has 1 heterocycles. The van der Waals surface area contributed by atoms with Gasteiger partial charge >= 0.3 is 0 Å². The van der Waals surface area contributed by atoms with Crippen LogP contribution in [0, 0.1) is 0 Å². The highest BCUT2D eigenvalue weighted by Gasteiger charge is 2.22.